The number of hydrogen-bond acceptors (Lipinski definition) is 5. The Labute approximate surface area is 183 Å². The summed E-state index contributed by atoms with van der Waals surface area (Å²) < 4.78 is 6.38. The fraction of sp³-hybridized carbons (Fsp3) is 0.458. The summed E-state index contributed by atoms with van der Waals surface area (Å²) in [6.07, 6.45) is 5.16. The van der Waals surface area contributed by atoms with Crippen LogP contribution in [-0.2, 0) is 4.74 Å². The van der Waals surface area contributed by atoms with Crippen LogP contribution in [0.15, 0.2) is 48.7 Å². The van der Waals surface area contributed by atoms with E-state index in [-0.39, 0.29) is 23.5 Å². The van der Waals surface area contributed by atoms with Crippen LogP contribution in [0.1, 0.15) is 46.5 Å². The molecular formula is C24H30N4O3. The molecule has 4 rings (SSSR count). The Bertz CT molecular complexity index is 923. The van der Waals surface area contributed by atoms with Gasteiger partial charge >= 0.3 is 0 Å². The number of ether oxygens (including phenoxy) is 1. The number of rotatable bonds is 5. The van der Waals surface area contributed by atoms with Gasteiger partial charge in [0.2, 0.25) is 0 Å². The van der Waals surface area contributed by atoms with Gasteiger partial charge in [0.15, 0.2) is 0 Å². The smallest absolute Gasteiger partial charge is 0.269 e. The van der Waals surface area contributed by atoms with E-state index in [4.69, 9.17) is 4.74 Å². The molecule has 1 atom stereocenters. The minimum atomic E-state index is -0.178. The first-order valence-electron chi connectivity index (χ1n) is 10.9. The summed E-state index contributed by atoms with van der Waals surface area (Å²) in [5, 5.41) is 2.93. The lowest BCUT2D eigenvalue weighted by Gasteiger charge is -2.39. The lowest BCUT2D eigenvalue weighted by atomic mass is 9.88. The third-order valence-electron chi connectivity index (χ3n) is 6.30. The van der Waals surface area contributed by atoms with Gasteiger partial charge in [-0.1, -0.05) is 12.1 Å². The fourth-order valence-electron chi connectivity index (χ4n) is 4.42. The molecule has 2 aromatic rings. The third-order valence-corrected chi connectivity index (χ3v) is 6.30. The van der Waals surface area contributed by atoms with Gasteiger partial charge in [-0.3, -0.25) is 14.6 Å². The molecule has 1 aromatic heterocycles. The number of aromatic nitrogens is 1. The highest BCUT2D eigenvalue weighted by Gasteiger charge is 2.43. The van der Waals surface area contributed by atoms with Crippen LogP contribution in [0.4, 0.5) is 5.69 Å². The second-order valence-corrected chi connectivity index (χ2v) is 8.62. The average Bonchev–Trinajstić information content (AvgIpc) is 3.20. The number of carbonyl (C=O) groups is 2. The average molecular weight is 423 g/mol. The van der Waals surface area contributed by atoms with Gasteiger partial charge < -0.3 is 19.9 Å². The second kappa shape index (κ2) is 9.06. The Balaban J connectivity index is 1.28. The number of amides is 2. The van der Waals surface area contributed by atoms with Gasteiger partial charge in [-0.15, -0.1) is 0 Å². The van der Waals surface area contributed by atoms with Crippen molar-refractivity contribution in [1.82, 2.24) is 15.2 Å². The minimum absolute atomic E-state index is 0.00619. The van der Waals surface area contributed by atoms with Crippen LogP contribution in [-0.4, -0.2) is 67.1 Å². The van der Waals surface area contributed by atoms with Crippen LogP contribution in [0.25, 0.3) is 0 Å². The number of nitrogens with one attached hydrogen (secondary N) is 1. The van der Waals surface area contributed by atoms with Crippen molar-refractivity contribution < 1.29 is 14.3 Å². The van der Waals surface area contributed by atoms with Crippen molar-refractivity contribution in [2.24, 2.45) is 0 Å². The number of anilines is 1. The van der Waals surface area contributed by atoms with Crippen LogP contribution < -0.4 is 10.2 Å². The third kappa shape index (κ3) is 4.88. The normalized spacial score (nSPS) is 19.9. The van der Waals surface area contributed by atoms with Crippen LogP contribution in [0.3, 0.4) is 0 Å². The van der Waals surface area contributed by atoms with Gasteiger partial charge in [0.25, 0.3) is 11.8 Å². The van der Waals surface area contributed by atoms with Crippen molar-refractivity contribution in [2.75, 3.05) is 38.6 Å². The van der Waals surface area contributed by atoms with E-state index in [0.29, 0.717) is 25.3 Å². The van der Waals surface area contributed by atoms with Crippen molar-refractivity contribution >= 4 is 17.5 Å². The molecule has 2 amide bonds. The van der Waals surface area contributed by atoms with Gasteiger partial charge in [-0.05, 0) is 56.0 Å². The van der Waals surface area contributed by atoms with Gasteiger partial charge in [-0.2, -0.15) is 0 Å². The van der Waals surface area contributed by atoms with Crippen molar-refractivity contribution in [3.8, 4) is 0 Å². The molecule has 1 spiro atoms. The number of likely N-dealkylation sites (tertiary alicyclic amines) is 1. The first kappa shape index (κ1) is 21.3. The maximum Gasteiger partial charge on any atom is 0.269 e. The van der Waals surface area contributed by atoms with Crippen molar-refractivity contribution in [3.05, 3.63) is 59.9 Å². The molecule has 1 unspecified atom stereocenters. The fourth-order valence-corrected chi connectivity index (χ4v) is 4.42. The maximum atomic E-state index is 13.0. The minimum Gasteiger partial charge on any atom is -0.378 e. The van der Waals surface area contributed by atoms with Crippen LogP contribution in [0.2, 0.25) is 0 Å². The monoisotopic (exact) mass is 422 g/mol. The number of benzene rings is 1. The topological polar surface area (TPSA) is 74.8 Å². The molecule has 2 aliphatic heterocycles. The van der Waals surface area contributed by atoms with Crippen LogP contribution in [0, 0.1) is 0 Å². The Morgan fingerprint density at radius 1 is 1.16 bits per heavy atom. The molecule has 0 radical (unpaired) electrons. The molecule has 2 aliphatic rings. The molecule has 31 heavy (non-hydrogen) atoms. The Kier molecular flexibility index (Phi) is 6.23. The van der Waals surface area contributed by atoms with E-state index in [9.17, 15) is 9.59 Å². The molecule has 7 heteroatoms. The van der Waals surface area contributed by atoms with E-state index in [0.717, 1.165) is 36.9 Å². The zero-order valence-electron chi connectivity index (χ0n) is 18.2. The molecule has 0 saturated carbocycles. The van der Waals surface area contributed by atoms with E-state index in [2.05, 4.69) is 10.3 Å². The van der Waals surface area contributed by atoms with Crippen LogP contribution >= 0.6 is 0 Å². The predicted octanol–water partition coefficient (Wildman–Crippen LogP) is 2.73. The Morgan fingerprint density at radius 3 is 2.68 bits per heavy atom. The number of pyridine rings is 1. The zero-order chi connectivity index (χ0) is 21.8. The van der Waals surface area contributed by atoms with Crippen molar-refractivity contribution in [1.29, 1.82) is 0 Å². The predicted molar refractivity (Wildman–Crippen MR) is 119 cm³/mol. The Morgan fingerprint density at radius 2 is 1.97 bits per heavy atom. The molecule has 2 saturated heterocycles. The molecule has 2 fully saturated rings. The quantitative estimate of drug-likeness (QED) is 0.802. The summed E-state index contributed by atoms with van der Waals surface area (Å²) in [5.41, 5.74) is 1.99. The molecule has 1 N–H and O–H groups in total. The van der Waals surface area contributed by atoms with E-state index >= 15 is 0 Å². The largest absolute Gasteiger partial charge is 0.378 e. The number of nitrogens with zero attached hydrogens (tertiary/aromatic N) is 3. The Hall–Kier alpha value is -2.93. The number of carbonyl (C=O) groups excluding carboxylic acids is 2. The van der Waals surface area contributed by atoms with Crippen molar-refractivity contribution in [2.45, 2.75) is 37.4 Å². The number of piperidine rings is 1. The van der Waals surface area contributed by atoms with Crippen LogP contribution in [0.5, 0.6) is 0 Å². The number of hydrogen-bond donors (Lipinski definition) is 1. The molecule has 0 aliphatic carbocycles. The second-order valence-electron chi connectivity index (χ2n) is 8.62. The van der Waals surface area contributed by atoms with Gasteiger partial charge in [0.05, 0.1) is 11.7 Å². The first-order chi connectivity index (χ1) is 15.0. The molecule has 1 aromatic carbocycles. The summed E-state index contributed by atoms with van der Waals surface area (Å²) in [6, 6.07) is 13.0. The first-order valence-corrected chi connectivity index (χ1v) is 10.9. The lowest BCUT2D eigenvalue weighted by molar-refractivity contribution is -0.0712. The summed E-state index contributed by atoms with van der Waals surface area (Å²) in [4.78, 5) is 33.2. The highest BCUT2D eigenvalue weighted by Crippen LogP contribution is 2.39. The highest BCUT2D eigenvalue weighted by atomic mass is 16.5. The van der Waals surface area contributed by atoms with E-state index in [1.165, 1.54) is 0 Å². The summed E-state index contributed by atoms with van der Waals surface area (Å²) >= 11 is 0. The molecule has 164 valence electrons. The summed E-state index contributed by atoms with van der Waals surface area (Å²) in [7, 11) is 3.95. The molecule has 7 nitrogen and oxygen atoms in total. The van der Waals surface area contributed by atoms with Gasteiger partial charge in [0, 0.05) is 51.2 Å². The van der Waals surface area contributed by atoms with E-state index < -0.39 is 0 Å². The zero-order valence-corrected chi connectivity index (χ0v) is 18.2. The van der Waals surface area contributed by atoms with Crippen molar-refractivity contribution in [3.63, 3.8) is 0 Å². The summed E-state index contributed by atoms with van der Waals surface area (Å²) in [6.45, 7) is 1.87. The van der Waals surface area contributed by atoms with Gasteiger partial charge in [0.1, 0.15) is 5.69 Å². The molecule has 3 heterocycles. The molecule has 0 bridgehead atoms. The standard InChI is InChI=1S/C24H30N4O3/c1-27(2)19-7-5-6-18(16-19)23(30)28-14-11-24(12-15-28)10-9-20(31-24)17-26-22(29)21-8-3-4-13-25-21/h3-8,13,16,20H,9-12,14-15,17H2,1-2H3,(H,26,29). The SMILES string of the molecule is CN(C)c1cccc(C(=O)N2CCC3(CCC(CNC(=O)c4ccccn4)O3)CC2)c1. The summed E-state index contributed by atoms with van der Waals surface area (Å²) in [5.74, 6) is -0.0961. The molecular weight excluding hydrogens is 392 g/mol. The van der Waals surface area contributed by atoms with E-state index in [1.54, 1.807) is 24.4 Å². The van der Waals surface area contributed by atoms with E-state index in [1.807, 2.05) is 48.2 Å². The maximum absolute atomic E-state index is 13.0. The highest BCUT2D eigenvalue weighted by molar-refractivity contribution is 5.95. The van der Waals surface area contributed by atoms with Gasteiger partial charge in [-0.25, -0.2) is 0 Å². The lowest BCUT2D eigenvalue weighted by Crippen LogP contribution is -2.47.